The summed E-state index contributed by atoms with van der Waals surface area (Å²) in [7, 11) is 4.03. The van der Waals surface area contributed by atoms with E-state index < -0.39 is 0 Å². The molecule has 1 N–H and O–H groups in total. The van der Waals surface area contributed by atoms with Gasteiger partial charge in [-0.25, -0.2) is 0 Å². The minimum absolute atomic E-state index is 0. The van der Waals surface area contributed by atoms with E-state index in [2.05, 4.69) is 26.1 Å². The fourth-order valence-corrected chi connectivity index (χ4v) is 2.04. The lowest BCUT2D eigenvalue weighted by molar-refractivity contribution is -0.123. The van der Waals surface area contributed by atoms with Gasteiger partial charge in [0.15, 0.2) is 6.61 Å². The average molecular weight is 380 g/mol. The third-order valence-corrected chi connectivity index (χ3v) is 4.13. The van der Waals surface area contributed by atoms with Crippen molar-refractivity contribution in [2.45, 2.75) is 20.3 Å². The molecule has 0 atom stereocenters. The van der Waals surface area contributed by atoms with Crippen molar-refractivity contribution in [3.8, 4) is 5.75 Å². The molecule has 0 aliphatic rings. The number of halogens is 2. The van der Waals surface area contributed by atoms with Crippen LogP contribution >= 0.6 is 28.3 Å². The lowest BCUT2D eigenvalue weighted by Gasteiger charge is -2.11. The third-order valence-electron chi connectivity index (χ3n) is 2.88. The Morgan fingerprint density at radius 3 is 2.38 bits per heavy atom. The molecule has 0 aliphatic carbocycles. The second kappa shape index (κ2) is 10.0. The highest BCUT2D eigenvalue weighted by molar-refractivity contribution is 9.10. The Balaban J connectivity index is 0.00000400. The molecule has 0 saturated carbocycles. The number of carbonyl (C=O) groups excluding carboxylic acids is 1. The largest absolute Gasteiger partial charge is 0.484 e. The molecule has 1 amide bonds. The lowest BCUT2D eigenvalue weighted by atomic mass is 10.1. The van der Waals surface area contributed by atoms with Crippen LogP contribution in [0.5, 0.6) is 5.75 Å². The number of nitrogens with one attached hydrogen (secondary N) is 1. The van der Waals surface area contributed by atoms with E-state index in [1.807, 2.05) is 40.1 Å². The van der Waals surface area contributed by atoms with E-state index in [9.17, 15) is 4.79 Å². The zero-order chi connectivity index (χ0) is 15.1. The van der Waals surface area contributed by atoms with Gasteiger partial charge in [-0.3, -0.25) is 4.79 Å². The van der Waals surface area contributed by atoms with Gasteiger partial charge in [0.05, 0.1) is 0 Å². The Kier molecular flexibility index (Phi) is 9.66. The predicted octanol–water partition coefficient (Wildman–Crippen LogP) is 2.93. The highest BCUT2D eigenvalue weighted by Crippen LogP contribution is 2.26. The van der Waals surface area contributed by atoms with Crippen LogP contribution in [0.4, 0.5) is 0 Å². The molecule has 4 nitrogen and oxygen atoms in total. The molecule has 1 aromatic carbocycles. The molecule has 1 aromatic rings. The predicted molar refractivity (Wildman–Crippen MR) is 92.5 cm³/mol. The molecule has 0 fully saturated rings. The normalized spacial score (nSPS) is 10.2. The summed E-state index contributed by atoms with van der Waals surface area (Å²) in [6.07, 6.45) is 0.940. The Hall–Kier alpha value is -0.780. The molecule has 0 saturated heterocycles. The Bertz CT molecular complexity index is 444. The van der Waals surface area contributed by atoms with E-state index >= 15 is 0 Å². The maximum absolute atomic E-state index is 11.6. The van der Waals surface area contributed by atoms with Crippen LogP contribution in [0, 0.1) is 13.8 Å². The Morgan fingerprint density at radius 1 is 1.29 bits per heavy atom. The molecule has 21 heavy (non-hydrogen) atoms. The first-order chi connectivity index (χ1) is 9.40. The van der Waals surface area contributed by atoms with Crippen LogP contribution in [0.25, 0.3) is 0 Å². The second-order valence-electron chi connectivity index (χ2n) is 5.17. The van der Waals surface area contributed by atoms with E-state index in [0.717, 1.165) is 34.3 Å². The van der Waals surface area contributed by atoms with Crippen molar-refractivity contribution in [3.63, 3.8) is 0 Å². The van der Waals surface area contributed by atoms with Crippen LogP contribution < -0.4 is 10.1 Å². The van der Waals surface area contributed by atoms with Gasteiger partial charge in [-0.1, -0.05) is 15.9 Å². The highest BCUT2D eigenvalue weighted by atomic mass is 79.9. The third kappa shape index (κ3) is 7.69. The molecule has 6 heteroatoms. The molecule has 0 spiro atoms. The van der Waals surface area contributed by atoms with Crippen LogP contribution in [0.2, 0.25) is 0 Å². The van der Waals surface area contributed by atoms with Gasteiger partial charge < -0.3 is 15.0 Å². The number of aryl methyl sites for hydroxylation is 2. The number of benzene rings is 1. The van der Waals surface area contributed by atoms with Crippen LogP contribution in [0.1, 0.15) is 17.5 Å². The molecule has 0 radical (unpaired) electrons. The number of rotatable bonds is 7. The van der Waals surface area contributed by atoms with Crippen LogP contribution in [0.15, 0.2) is 16.6 Å². The zero-order valence-electron chi connectivity index (χ0n) is 13.0. The highest BCUT2D eigenvalue weighted by Gasteiger charge is 2.06. The maximum Gasteiger partial charge on any atom is 0.257 e. The summed E-state index contributed by atoms with van der Waals surface area (Å²) in [5.41, 5.74) is 2.21. The number of nitrogens with zero attached hydrogens (tertiary/aromatic N) is 1. The first-order valence-electron chi connectivity index (χ1n) is 6.71. The molecule has 0 heterocycles. The average Bonchev–Trinajstić information content (AvgIpc) is 2.38. The number of carbonyl (C=O) groups is 1. The molecule has 1 rings (SSSR count). The van der Waals surface area contributed by atoms with Gasteiger partial charge in [0, 0.05) is 11.0 Å². The van der Waals surface area contributed by atoms with E-state index in [0.29, 0.717) is 6.54 Å². The first kappa shape index (κ1) is 20.2. The molecule has 120 valence electrons. The zero-order valence-corrected chi connectivity index (χ0v) is 15.4. The summed E-state index contributed by atoms with van der Waals surface area (Å²) in [5, 5.41) is 2.85. The summed E-state index contributed by atoms with van der Waals surface area (Å²) >= 11 is 3.51. The molecule has 0 aromatic heterocycles. The SMILES string of the molecule is Cc1cc(OCC(=O)NCCCN(C)C)cc(C)c1Br.Cl. The van der Waals surface area contributed by atoms with Crippen molar-refractivity contribution in [3.05, 3.63) is 27.7 Å². The van der Waals surface area contributed by atoms with Gasteiger partial charge in [0.1, 0.15) is 5.75 Å². The molecular formula is C15H24BrClN2O2. The van der Waals surface area contributed by atoms with E-state index in [-0.39, 0.29) is 24.9 Å². The minimum atomic E-state index is -0.0815. The quantitative estimate of drug-likeness (QED) is 0.741. The van der Waals surface area contributed by atoms with Gasteiger partial charge in [0.25, 0.3) is 5.91 Å². The fraction of sp³-hybridized carbons (Fsp3) is 0.533. The van der Waals surface area contributed by atoms with Gasteiger partial charge in [-0.05, 0) is 64.2 Å². The minimum Gasteiger partial charge on any atom is -0.484 e. The van der Waals surface area contributed by atoms with Crippen molar-refractivity contribution in [2.24, 2.45) is 0 Å². The number of hydrogen-bond donors (Lipinski definition) is 1. The maximum atomic E-state index is 11.6. The summed E-state index contributed by atoms with van der Waals surface area (Å²) in [4.78, 5) is 13.7. The topological polar surface area (TPSA) is 41.6 Å². The van der Waals surface area contributed by atoms with E-state index in [4.69, 9.17) is 4.74 Å². The second-order valence-corrected chi connectivity index (χ2v) is 5.96. The van der Waals surface area contributed by atoms with E-state index in [1.54, 1.807) is 0 Å². The molecule has 0 aliphatic heterocycles. The van der Waals surface area contributed by atoms with Gasteiger partial charge in [-0.15, -0.1) is 12.4 Å². The standard InChI is InChI=1S/C15H23BrN2O2.ClH/c1-11-8-13(9-12(2)15(11)16)20-10-14(19)17-6-5-7-18(3)4;/h8-9H,5-7,10H2,1-4H3,(H,17,19);1H. The molecule has 0 bridgehead atoms. The van der Waals surface area contributed by atoms with Gasteiger partial charge >= 0.3 is 0 Å². The number of ether oxygens (including phenoxy) is 1. The van der Waals surface area contributed by atoms with Gasteiger partial charge in [0.2, 0.25) is 0 Å². The molecule has 0 unspecified atom stereocenters. The van der Waals surface area contributed by atoms with Crippen molar-refractivity contribution in [1.29, 1.82) is 0 Å². The fourth-order valence-electron chi connectivity index (χ4n) is 1.81. The number of amides is 1. The molecular weight excluding hydrogens is 356 g/mol. The Labute approximate surface area is 141 Å². The monoisotopic (exact) mass is 378 g/mol. The summed E-state index contributed by atoms with van der Waals surface area (Å²) in [6, 6.07) is 3.85. The van der Waals surface area contributed by atoms with Crippen LogP contribution in [0.3, 0.4) is 0 Å². The smallest absolute Gasteiger partial charge is 0.257 e. The Morgan fingerprint density at radius 2 is 1.86 bits per heavy atom. The lowest BCUT2D eigenvalue weighted by Crippen LogP contribution is -2.31. The van der Waals surface area contributed by atoms with Crippen molar-refractivity contribution in [1.82, 2.24) is 10.2 Å². The summed E-state index contributed by atoms with van der Waals surface area (Å²) in [5.74, 6) is 0.647. The van der Waals surface area contributed by atoms with Crippen molar-refractivity contribution < 1.29 is 9.53 Å². The van der Waals surface area contributed by atoms with E-state index in [1.165, 1.54) is 0 Å². The number of hydrogen-bond acceptors (Lipinski definition) is 3. The van der Waals surface area contributed by atoms with Crippen molar-refractivity contribution in [2.75, 3.05) is 33.8 Å². The summed E-state index contributed by atoms with van der Waals surface area (Å²) in [6.45, 7) is 5.71. The van der Waals surface area contributed by atoms with Crippen LogP contribution in [-0.2, 0) is 4.79 Å². The van der Waals surface area contributed by atoms with Crippen molar-refractivity contribution >= 4 is 34.2 Å². The van der Waals surface area contributed by atoms with Gasteiger partial charge in [-0.2, -0.15) is 0 Å². The summed E-state index contributed by atoms with van der Waals surface area (Å²) < 4.78 is 6.60. The van der Waals surface area contributed by atoms with Crippen LogP contribution in [-0.4, -0.2) is 44.6 Å². The first-order valence-corrected chi connectivity index (χ1v) is 7.50.